The van der Waals surface area contributed by atoms with Crippen LogP contribution in [0.15, 0.2) is 17.0 Å². The van der Waals surface area contributed by atoms with E-state index >= 15 is 0 Å². The highest BCUT2D eigenvalue weighted by Gasteiger charge is 2.14. The zero-order valence-electron chi connectivity index (χ0n) is 7.70. The van der Waals surface area contributed by atoms with Crippen LogP contribution in [0, 0.1) is 5.82 Å². The lowest BCUT2D eigenvalue weighted by atomic mass is 10.2. The van der Waals surface area contributed by atoms with E-state index in [1.54, 1.807) is 6.26 Å². The normalized spacial score (nSPS) is 9.93. The summed E-state index contributed by atoms with van der Waals surface area (Å²) in [5.41, 5.74) is -0.338. The van der Waals surface area contributed by atoms with Gasteiger partial charge in [-0.3, -0.25) is 0 Å². The zero-order valence-corrected chi connectivity index (χ0v) is 8.52. The first kappa shape index (κ1) is 10.8. The highest BCUT2D eigenvalue weighted by Crippen LogP contribution is 2.30. The molecule has 0 unspecified atom stereocenters. The summed E-state index contributed by atoms with van der Waals surface area (Å²) in [7, 11) is 1.41. The van der Waals surface area contributed by atoms with E-state index in [0.29, 0.717) is 10.6 Å². The largest absolute Gasteiger partial charge is 0.495 e. The van der Waals surface area contributed by atoms with Gasteiger partial charge in [-0.1, -0.05) is 0 Å². The van der Waals surface area contributed by atoms with E-state index in [2.05, 4.69) is 0 Å². The molecule has 0 atom stereocenters. The summed E-state index contributed by atoms with van der Waals surface area (Å²) in [4.78, 5) is 11.2. The Kier molecular flexibility index (Phi) is 3.35. The summed E-state index contributed by atoms with van der Waals surface area (Å²) < 4.78 is 18.0. The Balaban J connectivity index is 3.30. The Bertz CT molecular complexity index is 365. The molecular weight excluding hydrogens is 207 g/mol. The minimum Gasteiger partial charge on any atom is -0.495 e. The molecule has 0 heterocycles. The maximum absolute atomic E-state index is 13.1. The molecule has 1 aromatic rings. The maximum Gasteiger partial charge on any atom is 0.338 e. The lowest BCUT2D eigenvalue weighted by Crippen LogP contribution is -2.01. The zero-order chi connectivity index (χ0) is 10.7. The van der Waals surface area contributed by atoms with Crippen molar-refractivity contribution in [1.29, 1.82) is 0 Å². The van der Waals surface area contributed by atoms with Crippen molar-refractivity contribution < 1.29 is 19.0 Å². The van der Waals surface area contributed by atoms with Gasteiger partial charge in [0.2, 0.25) is 0 Å². The number of benzene rings is 1. The molecule has 0 radical (unpaired) electrons. The van der Waals surface area contributed by atoms with E-state index in [0.717, 1.165) is 6.07 Å². The van der Waals surface area contributed by atoms with Crippen LogP contribution < -0.4 is 4.74 Å². The summed E-state index contributed by atoms with van der Waals surface area (Å²) in [6, 6.07) is 2.34. The van der Waals surface area contributed by atoms with Crippen LogP contribution in [0.3, 0.4) is 0 Å². The molecule has 5 heteroatoms. The number of hydrogen-bond acceptors (Lipinski definition) is 3. The van der Waals surface area contributed by atoms with E-state index in [1.165, 1.54) is 24.9 Å². The van der Waals surface area contributed by atoms with Gasteiger partial charge in [0.15, 0.2) is 0 Å². The second-order valence-corrected chi connectivity index (χ2v) is 3.34. The molecule has 0 aliphatic carbocycles. The van der Waals surface area contributed by atoms with Gasteiger partial charge < -0.3 is 9.84 Å². The predicted molar refractivity (Wildman–Crippen MR) is 51.7 cm³/mol. The predicted octanol–water partition coefficient (Wildman–Crippen LogP) is 2.25. The van der Waals surface area contributed by atoms with Gasteiger partial charge in [-0.25, -0.2) is 9.18 Å². The number of halogens is 1. The third-order valence-electron chi connectivity index (χ3n) is 1.70. The summed E-state index contributed by atoms with van der Waals surface area (Å²) in [5.74, 6) is -1.72. The molecule has 76 valence electrons. The van der Waals surface area contributed by atoms with Gasteiger partial charge >= 0.3 is 5.97 Å². The van der Waals surface area contributed by atoms with Crippen molar-refractivity contribution in [2.24, 2.45) is 0 Å². The van der Waals surface area contributed by atoms with Gasteiger partial charge in [-0.05, 0) is 12.3 Å². The molecule has 0 fully saturated rings. The summed E-state index contributed by atoms with van der Waals surface area (Å²) in [5, 5.41) is 8.66. The third kappa shape index (κ3) is 1.98. The first-order valence-corrected chi connectivity index (χ1v) is 4.97. The second-order valence-electron chi connectivity index (χ2n) is 2.49. The van der Waals surface area contributed by atoms with E-state index in [-0.39, 0.29) is 5.56 Å². The van der Waals surface area contributed by atoms with Crippen molar-refractivity contribution in [3.8, 4) is 5.75 Å². The van der Waals surface area contributed by atoms with Crippen LogP contribution in [0.25, 0.3) is 0 Å². The summed E-state index contributed by atoms with van der Waals surface area (Å²) in [6.45, 7) is 0. The molecule has 3 nitrogen and oxygen atoms in total. The minimum absolute atomic E-state index is 0.338. The van der Waals surface area contributed by atoms with Crippen molar-refractivity contribution >= 4 is 17.7 Å². The molecule has 0 aromatic heterocycles. The molecule has 0 amide bonds. The topological polar surface area (TPSA) is 46.5 Å². The molecule has 0 saturated carbocycles. The van der Waals surface area contributed by atoms with Crippen LogP contribution in [0.5, 0.6) is 5.75 Å². The molecular formula is C9H9FO3S. The number of aromatic carboxylic acids is 1. The van der Waals surface area contributed by atoms with Crippen LogP contribution >= 0.6 is 11.8 Å². The number of ether oxygens (including phenoxy) is 1. The number of carbonyl (C=O) groups is 1. The molecule has 1 N–H and O–H groups in total. The lowest BCUT2D eigenvalue weighted by molar-refractivity contribution is 0.0691. The van der Waals surface area contributed by atoms with Gasteiger partial charge in [-0.2, -0.15) is 0 Å². The number of carboxylic acid groups (broad SMARTS) is 1. The van der Waals surface area contributed by atoms with E-state index in [1.807, 2.05) is 0 Å². The smallest absolute Gasteiger partial charge is 0.338 e. The minimum atomic E-state index is -1.28. The van der Waals surface area contributed by atoms with Crippen molar-refractivity contribution in [1.82, 2.24) is 0 Å². The molecule has 0 spiro atoms. The van der Waals surface area contributed by atoms with Crippen LogP contribution in [-0.2, 0) is 0 Å². The first-order chi connectivity index (χ1) is 6.60. The van der Waals surface area contributed by atoms with Crippen molar-refractivity contribution in [2.75, 3.05) is 13.4 Å². The number of rotatable bonds is 3. The number of hydrogen-bond donors (Lipinski definition) is 1. The summed E-state index contributed by atoms with van der Waals surface area (Å²) in [6.07, 6.45) is 1.77. The molecule has 0 saturated heterocycles. The van der Waals surface area contributed by atoms with Crippen molar-refractivity contribution in [3.05, 3.63) is 23.5 Å². The number of methoxy groups -OCH3 is 1. The number of thioether (sulfide) groups is 1. The molecule has 1 rings (SSSR count). The van der Waals surface area contributed by atoms with Crippen LogP contribution in [0.4, 0.5) is 4.39 Å². The SMILES string of the molecule is COc1cc(F)c(C(=O)O)cc1SC. The van der Waals surface area contributed by atoms with E-state index in [9.17, 15) is 9.18 Å². The van der Waals surface area contributed by atoms with Crippen LogP contribution in [-0.4, -0.2) is 24.4 Å². The fourth-order valence-corrected chi connectivity index (χ4v) is 1.60. The van der Waals surface area contributed by atoms with E-state index < -0.39 is 11.8 Å². The average Bonchev–Trinajstić information content (AvgIpc) is 2.16. The van der Waals surface area contributed by atoms with Gasteiger partial charge in [0, 0.05) is 6.07 Å². The molecule has 14 heavy (non-hydrogen) atoms. The Morgan fingerprint density at radius 2 is 2.21 bits per heavy atom. The number of carboxylic acids is 1. The Labute approximate surface area is 84.9 Å². The summed E-state index contributed by atoms with van der Waals surface area (Å²) >= 11 is 1.31. The molecule has 0 aliphatic heterocycles. The molecule has 0 bridgehead atoms. The van der Waals surface area contributed by atoms with Crippen molar-refractivity contribution in [2.45, 2.75) is 4.90 Å². The first-order valence-electron chi connectivity index (χ1n) is 3.75. The standard InChI is InChI=1S/C9H9FO3S/c1-13-7-4-6(10)5(9(11)12)3-8(7)14-2/h3-4H,1-2H3,(H,11,12). The quantitative estimate of drug-likeness (QED) is 0.787. The third-order valence-corrected chi connectivity index (χ3v) is 2.46. The average molecular weight is 216 g/mol. The van der Waals surface area contributed by atoms with E-state index in [4.69, 9.17) is 9.84 Å². The molecule has 0 aliphatic rings. The Morgan fingerprint density at radius 3 is 2.64 bits per heavy atom. The van der Waals surface area contributed by atoms with Gasteiger partial charge in [0.1, 0.15) is 11.6 Å². The van der Waals surface area contributed by atoms with Gasteiger partial charge in [-0.15, -0.1) is 11.8 Å². The van der Waals surface area contributed by atoms with Crippen LogP contribution in [0.2, 0.25) is 0 Å². The highest BCUT2D eigenvalue weighted by atomic mass is 32.2. The Morgan fingerprint density at radius 1 is 1.57 bits per heavy atom. The monoisotopic (exact) mass is 216 g/mol. The fraction of sp³-hybridized carbons (Fsp3) is 0.222. The van der Waals surface area contributed by atoms with Crippen LogP contribution in [0.1, 0.15) is 10.4 Å². The second kappa shape index (κ2) is 4.32. The molecule has 1 aromatic carbocycles. The lowest BCUT2D eigenvalue weighted by Gasteiger charge is -2.07. The Hall–Kier alpha value is -1.23. The van der Waals surface area contributed by atoms with Gasteiger partial charge in [0.05, 0.1) is 17.6 Å². The van der Waals surface area contributed by atoms with Crippen molar-refractivity contribution in [3.63, 3.8) is 0 Å². The highest BCUT2D eigenvalue weighted by molar-refractivity contribution is 7.98. The fourth-order valence-electron chi connectivity index (χ4n) is 1.02. The van der Waals surface area contributed by atoms with Gasteiger partial charge in [0.25, 0.3) is 0 Å². The maximum atomic E-state index is 13.1.